The van der Waals surface area contributed by atoms with Gasteiger partial charge in [-0.15, -0.1) is 0 Å². The molecule has 1 atom stereocenters. The summed E-state index contributed by atoms with van der Waals surface area (Å²) in [4.78, 5) is 11.2. The first-order valence-electron chi connectivity index (χ1n) is 6.15. The van der Waals surface area contributed by atoms with Crippen molar-refractivity contribution in [1.29, 1.82) is 0 Å². The fourth-order valence-corrected chi connectivity index (χ4v) is 1.71. The molecule has 0 aliphatic rings. The first kappa shape index (κ1) is 18.3. The molecule has 0 radical (unpaired) electrons. The maximum absolute atomic E-state index is 12.7. The van der Waals surface area contributed by atoms with E-state index in [0.717, 1.165) is 0 Å². The number of carbonyl (C=O) groups is 1. The van der Waals surface area contributed by atoms with Gasteiger partial charge in [0.1, 0.15) is 0 Å². The molecular formula is C13H13F6NO2. The fourth-order valence-electron chi connectivity index (χ4n) is 1.71. The van der Waals surface area contributed by atoms with Gasteiger partial charge in [-0.05, 0) is 30.7 Å². The molecule has 9 heteroatoms. The van der Waals surface area contributed by atoms with Crippen LogP contribution in [-0.4, -0.2) is 12.6 Å². The van der Waals surface area contributed by atoms with Crippen molar-refractivity contribution in [3.8, 4) is 0 Å². The molecule has 0 aromatic heterocycles. The van der Waals surface area contributed by atoms with Crippen LogP contribution >= 0.6 is 0 Å². The Bertz CT molecular complexity index is 506. The highest BCUT2D eigenvalue weighted by Gasteiger charge is 2.37. The third-order valence-electron chi connectivity index (χ3n) is 2.73. The molecule has 1 rings (SSSR count). The van der Waals surface area contributed by atoms with E-state index in [2.05, 4.69) is 4.74 Å². The molecule has 1 aromatic carbocycles. The Balaban J connectivity index is 3.21. The van der Waals surface area contributed by atoms with Gasteiger partial charge in [-0.1, -0.05) is 0 Å². The lowest BCUT2D eigenvalue weighted by Gasteiger charge is -2.17. The van der Waals surface area contributed by atoms with Crippen LogP contribution in [0.15, 0.2) is 18.2 Å². The molecule has 2 N–H and O–H groups in total. The molecule has 22 heavy (non-hydrogen) atoms. The maximum atomic E-state index is 12.7. The minimum absolute atomic E-state index is 0.000580. The van der Waals surface area contributed by atoms with Gasteiger partial charge in [-0.25, -0.2) is 0 Å². The molecule has 0 saturated heterocycles. The van der Waals surface area contributed by atoms with Gasteiger partial charge < -0.3 is 10.5 Å². The minimum Gasteiger partial charge on any atom is -0.466 e. The number of halogens is 6. The average Bonchev–Trinajstić information content (AvgIpc) is 2.36. The molecule has 1 aromatic rings. The summed E-state index contributed by atoms with van der Waals surface area (Å²) in [5, 5.41) is 0. The molecule has 0 bridgehead atoms. The second kappa shape index (κ2) is 6.55. The number of benzene rings is 1. The Morgan fingerprint density at radius 1 is 1.09 bits per heavy atom. The Morgan fingerprint density at radius 2 is 1.55 bits per heavy atom. The number of carbonyl (C=O) groups excluding carboxylic acids is 1. The molecule has 0 aliphatic carbocycles. The van der Waals surface area contributed by atoms with Crippen LogP contribution in [-0.2, 0) is 21.9 Å². The van der Waals surface area contributed by atoms with E-state index in [9.17, 15) is 31.1 Å². The van der Waals surface area contributed by atoms with E-state index in [1.54, 1.807) is 0 Å². The molecule has 0 fully saturated rings. The van der Waals surface area contributed by atoms with Crippen LogP contribution in [0.5, 0.6) is 0 Å². The average molecular weight is 329 g/mol. The van der Waals surface area contributed by atoms with Crippen molar-refractivity contribution in [2.24, 2.45) is 5.73 Å². The number of hydrogen-bond donors (Lipinski definition) is 1. The lowest BCUT2D eigenvalue weighted by atomic mass is 9.98. The van der Waals surface area contributed by atoms with Gasteiger partial charge in [0.05, 0.1) is 24.2 Å². The van der Waals surface area contributed by atoms with E-state index >= 15 is 0 Å². The van der Waals surface area contributed by atoms with E-state index in [0.29, 0.717) is 12.1 Å². The second-order valence-electron chi connectivity index (χ2n) is 4.45. The van der Waals surface area contributed by atoms with Crippen molar-refractivity contribution in [2.75, 3.05) is 6.61 Å². The summed E-state index contributed by atoms with van der Waals surface area (Å²) in [5.41, 5.74) is 2.13. The normalized spacial score (nSPS) is 13.8. The van der Waals surface area contributed by atoms with E-state index in [4.69, 9.17) is 5.73 Å². The summed E-state index contributed by atoms with van der Waals surface area (Å²) in [7, 11) is 0. The summed E-state index contributed by atoms with van der Waals surface area (Å²) in [5.74, 6) is -0.805. The van der Waals surface area contributed by atoms with Crippen LogP contribution in [0.25, 0.3) is 0 Å². The zero-order valence-electron chi connectivity index (χ0n) is 11.4. The van der Waals surface area contributed by atoms with Gasteiger partial charge in [-0.2, -0.15) is 26.3 Å². The molecule has 0 amide bonds. The van der Waals surface area contributed by atoms with Gasteiger partial charge >= 0.3 is 18.3 Å². The Labute approximate surface area is 122 Å². The van der Waals surface area contributed by atoms with Crippen LogP contribution in [0.4, 0.5) is 26.3 Å². The van der Waals surface area contributed by atoms with Crippen molar-refractivity contribution in [3.63, 3.8) is 0 Å². The summed E-state index contributed by atoms with van der Waals surface area (Å²) in [6.45, 7) is 1.54. The van der Waals surface area contributed by atoms with Crippen molar-refractivity contribution >= 4 is 5.97 Å². The van der Waals surface area contributed by atoms with E-state index < -0.39 is 47.5 Å². The van der Waals surface area contributed by atoms with Crippen LogP contribution < -0.4 is 5.73 Å². The number of alkyl halides is 6. The third kappa shape index (κ3) is 4.90. The summed E-state index contributed by atoms with van der Waals surface area (Å²) < 4.78 is 80.7. The van der Waals surface area contributed by atoms with Crippen molar-refractivity contribution in [1.82, 2.24) is 0 Å². The fraction of sp³-hybridized carbons (Fsp3) is 0.462. The maximum Gasteiger partial charge on any atom is 0.416 e. The van der Waals surface area contributed by atoms with E-state index in [1.165, 1.54) is 6.92 Å². The molecule has 0 saturated carbocycles. The van der Waals surface area contributed by atoms with Gasteiger partial charge in [0, 0.05) is 6.04 Å². The van der Waals surface area contributed by atoms with E-state index in [1.807, 2.05) is 0 Å². The lowest BCUT2D eigenvalue weighted by molar-refractivity contribution is -0.143. The summed E-state index contributed by atoms with van der Waals surface area (Å²) >= 11 is 0. The lowest BCUT2D eigenvalue weighted by Crippen LogP contribution is -2.19. The third-order valence-corrected chi connectivity index (χ3v) is 2.73. The Kier molecular flexibility index (Phi) is 5.44. The van der Waals surface area contributed by atoms with Crippen LogP contribution in [0.2, 0.25) is 0 Å². The van der Waals surface area contributed by atoms with Gasteiger partial charge in [0.15, 0.2) is 0 Å². The highest BCUT2D eigenvalue weighted by atomic mass is 19.4. The molecule has 0 unspecified atom stereocenters. The van der Waals surface area contributed by atoms with Crippen LogP contribution in [0.3, 0.4) is 0 Å². The Hall–Kier alpha value is -1.77. The predicted octanol–water partition coefficient (Wildman–Crippen LogP) is 3.68. The smallest absolute Gasteiger partial charge is 0.416 e. The zero-order valence-corrected chi connectivity index (χ0v) is 11.4. The van der Waals surface area contributed by atoms with E-state index in [-0.39, 0.29) is 12.7 Å². The first-order chi connectivity index (χ1) is 9.95. The highest BCUT2D eigenvalue weighted by Crippen LogP contribution is 2.37. The standard InChI is InChI=1S/C13H13F6NO2/c1-2-22-11(21)6-10(20)7-3-8(12(14,15)16)5-9(4-7)13(17,18)19/h3-5,10H,2,6,20H2,1H3/t10-/m1/s1. The number of ether oxygens (including phenoxy) is 1. The molecule has 0 heterocycles. The van der Waals surface area contributed by atoms with Gasteiger partial charge in [-0.3, -0.25) is 4.79 Å². The topological polar surface area (TPSA) is 52.3 Å². The number of rotatable bonds is 4. The quantitative estimate of drug-likeness (QED) is 0.677. The molecule has 0 aliphatic heterocycles. The summed E-state index contributed by atoms with van der Waals surface area (Å²) in [6, 6.07) is -0.332. The molecule has 3 nitrogen and oxygen atoms in total. The molecular weight excluding hydrogens is 316 g/mol. The number of esters is 1. The number of hydrogen-bond acceptors (Lipinski definition) is 3. The zero-order chi connectivity index (χ0) is 17.1. The van der Waals surface area contributed by atoms with Gasteiger partial charge in [0.2, 0.25) is 0 Å². The minimum atomic E-state index is -4.96. The molecule has 124 valence electrons. The second-order valence-corrected chi connectivity index (χ2v) is 4.45. The predicted molar refractivity (Wildman–Crippen MR) is 64.6 cm³/mol. The van der Waals surface area contributed by atoms with Crippen LogP contribution in [0, 0.1) is 0 Å². The van der Waals surface area contributed by atoms with Gasteiger partial charge in [0.25, 0.3) is 0 Å². The summed E-state index contributed by atoms with van der Waals surface area (Å²) in [6.07, 6.45) is -10.4. The first-order valence-corrected chi connectivity index (χ1v) is 6.15. The number of nitrogens with two attached hydrogens (primary N) is 1. The Morgan fingerprint density at radius 3 is 1.91 bits per heavy atom. The highest BCUT2D eigenvalue weighted by molar-refractivity contribution is 5.70. The molecule has 0 spiro atoms. The van der Waals surface area contributed by atoms with Crippen molar-refractivity contribution < 1.29 is 35.9 Å². The largest absolute Gasteiger partial charge is 0.466 e. The monoisotopic (exact) mass is 329 g/mol. The van der Waals surface area contributed by atoms with Crippen molar-refractivity contribution in [3.05, 3.63) is 34.9 Å². The van der Waals surface area contributed by atoms with Crippen molar-refractivity contribution in [2.45, 2.75) is 31.7 Å². The SMILES string of the molecule is CCOC(=O)C[C@@H](N)c1cc(C(F)(F)F)cc(C(F)(F)F)c1. The van der Waals surface area contributed by atoms with Crippen LogP contribution in [0.1, 0.15) is 36.1 Å².